The van der Waals surface area contributed by atoms with E-state index in [1.54, 1.807) is 50.6 Å². The molecule has 0 saturated carbocycles. The smallest absolute Gasteiger partial charge is 0.261 e. The predicted molar refractivity (Wildman–Crippen MR) is 135 cm³/mol. The van der Waals surface area contributed by atoms with Crippen molar-refractivity contribution in [2.45, 2.75) is 23.3 Å². The zero-order valence-electron chi connectivity index (χ0n) is 18.8. The van der Waals surface area contributed by atoms with Crippen molar-refractivity contribution in [3.05, 3.63) is 89.0 Å². The Bertz CT molecular complexity index is 1370. The zero-order valence-corrected chi connectivity index (χ0v) is 20.4. The fraction of sp³-hybridized carbons (Fsp3) is 0.231. The SMILES string of the molecule is COc1ccc([C@H]2Nc3ccc(S(=O)(=O)Nc4cccc(Cl)c4)cc3[C@H]3C=CC[C@H]32)c(OC)c1. The van der Waals surface area contributed by atoms with Gasteiger partial charge in [0.15, 0.2) is 0 Å². The van der Waals surface area contributed by atoms with E-state index in [4.69, 9.17) is 21.1 Å². The summed E-state index contributed by atoms with van der Waals surface area (Å²) in [7, 11) is -0.482. The molecule has 1 aliphatic carbocycles. The van der Waals surface area contributed by atoms with E-state index < -0.39 is 10.0 Å². The zero-order chi connectivity index (χ0) is 23.9. The number of allylic oxidation sites excluding steroid dienone is 2. The molecule has 0 aromatic heterocycles. The highest BCUT2D eigenvalue weighted by Crippen LogP contribution is 2.51. The van der Waals surface area contributed by atoms with Gasteiger partial charge in [-0.05, 0) is 66.4 Å². The van der Waals surface area contributed by atoms with Crippen LogP contribution in [0.2, 0.25) is 5.02 Å². The summed E-state index contributed by atoms with van der Waals surface area (Å²) in [4.78, 5) is 0.215. The summed E-state index contributed by atoms with van der Waals surface area (Å²) in [5.41, 5.74) is 3.36. The number of fused-ring (bicyclic) bond motifs is 3. The maximum absolute atomic E-state index is 13.1. The van der Waals surface area contributed by atoms with Crippen molar-refractivity contribution >= 4 is 33.0 Å². The summed E-state index contributed by atoms with van der Waals surface area (Å²) >= 11 is 6.01. The fourth-order valence-corrected chi connectivity index (χ4v) is 6.16. The lowest BCUT2D eigenvalue weighted by molar-refractivity contribution is 0.372. The average Bonchev–Trinajstić information content (AvgIpc) is 3.33. The number of benzene rings is 3. The van der Waals surface area contributed by atoms with E-state index in [0.29, 0.717) is 10.7 Å². The van der Waals surface area contributed by atoms with E-state index in [2.05, 4.69) is 22.2 Å². The van der Waals surface area contributed by atoms with Gasteiger partial charge >= 0.3 is 0 Å². The highest BCUT2D eigenvalue weighted by molar-refractivity contribution is 7.92. The van der Waals surface area contributed by atoms with Crippen molar-refractivity contribution in [3.63, 3.8) is 0 Å². The van der Waals surface area contributed by atoms with Crippen LogP contribution >= 0.6 is 11.6 Å². The van der Waals surface area contributed by atoms with Crippen LogP contribution in [0.15, 0.2) is 77.7 Å². The first-order valence-corrected chi connectivity index (χ1v) is 12.8. The van der Waals surface area contributed by atoms with Crippen LogP contribution in [-0.2, 0) is 10.0 Å². The Hall–Kier alpha value is -3.16. The van der Waals surface area contributed by atoms with E-state index in [9.17, 15) is 8.42 Å². The second-order valence-electron chi connectivity index (χ2n) is 8.45. The molecule has 3 aromatic carbocycles. The van der Waals surface area contributed by atoms with Crippen LogP contribution in [0.1, 0.15) is 29.5 Å². The third-order valence-electron chi connectivity index (χ3n) is 6.50. The molecule has 0 saturated heterocycles. The number of sulfonamides is 1. The minimum Gasteiger partial charge on any atom is -0.497 e. The lowest BCUT2D eigenvalue weighted by Gasteiger charge is -2.38. The molecule has 2 aliphatic rings. The van der Waals surface area contributed by atoms with Crippen molar-refractivity contribution in [1.82, 2.24) is 0 Å². The molecule has 0 radical (unpaired) electrons. The maximum Gasteiger partial charge on any atom is 0.261 e. The molecule has 0 fully saturated rings. The first kappa shape index (κ1) is 22.6. The molecule has 2 N–H and O–H groups in total. The van der Waals surface area contributed by atoms with Gasteiger partial charge in [-0.15, -0.1) is 0 Å². The second kappa shape index (κ2) is 8.89. The summed E-state index contributed by atoms with van der Waals surface area (Å²) < 4.78 is 39.8. The molecule has 6 nitrogen and oxygen atoms in total. The van der Waals surface area contributed by atoms with E-state index in [1.807, 2.05) is 24.3 Å². The third-order valence-corrected chi connectivity index (χ3v) is 8.11. The highest BCUT2D eigenvalue weighted by Gasteiger charge is 2.39. The van der Waals surface area contributed by atoms with Crippen LogP contribution in [0, 0.1) is 5.92 Å². The van der Waals surface area contributed by atoms with E-state index in [1.165, 1.54) is 0 Å². The van der Waals surface area contributed by atoms with Crippen LogP contribution in [0.25, 0.3) is 0 Å². The molecule has 176 valence electrons. The number of ether oxygens (including phenoxy) is 2. The molecule has 0 amide bonds. The van der Waals surface area contributed by atoms with Gasteiger partial charge in [-0.3, -0.25) is 4.72 Å². The summed E-state index contributed by atoms with van der Waals surface area (Å²) in [6, 6.07) is 17.8. The van der Waals surface area contributed by atoms with Gasteiger partial charge in [-0.25, -0.2) is 8.42 Å². The summed E-state index contributed by atoms with van der Waals surface area (Å²) in [6.45, 7) is 0. The molecule has 0 bridgehead atoms. The van der Waals surface area contributed by atoms with Crippen LogP contribution in [0.5, 0.6) is 11.5 Å². The van der Waals surface area contributed by atoms with Gasteiger partial charge in [0.05, 0.1) is 30.8 Å². The van der Waals surface area contributed by atoms with Gasteiger partial charge in [0.1, 0.15) is 11.5 Å². The van der Waals surface area contributed by atoms with Crippen LogP contribution < -0.4 is 19.5 Å². The first-order chi connectivity index (χ1) is 16.4. The Balaban J connectivity index is 1.50. The number of halogens is 1. The van der Waals surface area contributed by atoms with Crippen molar-refractivity contribution in [1.29, 1.82) is 0 Å². The number of hydrogen-bond acceptors (Lipinski definition) is 5. The molecule has 0 unspecified atom stereocenters. The largest absolute Gasteiger partial charge is 0.497 e. The Morgan fingerprint density at radius 1 is 1.00 bits per heavy atom. The van der Waals surface area contributed by atoms with Crippen molar-refractivity contribution in [3.8, 4) is 11.5 Å². The van der Waals surface area contributed by atoms with Gasteiger partial charge in [-0.2, -0.15) is 0 Å². The fourth-order valence-electron chi connectivity index (χ4n) is 4.89. The molecule has 1 aliphatic heterocycles. The number of methoxy groups -OCH3 is 2. The molecule has 8 heteroatoms. The van der Waals surface area contributed by atoms with E-state index in [0.717, 1.165) is 34.7 Å². The van der Waals surface area contributed by atoms with Gasteiger partial charge in [0.25, 0.3) is 10.0 Å². The molecule has 1 heterocycles. The monoisotopic (exact) mass is 496 g/mol. The Morgan fingerprint density at radius 3 is 2.62 bits per heavy atom. The lowest BCUT2D eigenvalue weighted by Crippen LogP contribution is -2.29. The van der Waals surface area contributed by atoms with Gasteiger partial charge in [-0.1, -0.05) is 29.8 Å². The normalized spacial score (nSPS) is 20.7. The summed E-state index contributed by atoms with van der Waals surface area (Å²) in [5.74, 6) is 1.82. The van der Waals surface area contributed by atoms with Crippen LogP contribution in [-0.4, -0.2) is 22.6 Å². The molecule has 0 spiro atoms. The number of rotatable bonds is 6. The third kappa shape index (κ3) is 4.10. The van der Waals surface area contributed by atoms with Crippen molar-refractivity contribution in [2.75, 3.05) is 24.3 Å². The van der Waals surface area contributed by atoms with Crippen LogP contribution in [0.4, 0.5) is 11.4 Å². The van der Waals surface area contributed by atoms with Gasteiger partial charge in [0.2, 0.25) is 0 Å². The minimum atomic E-state index is -3.77. The van der Waals surface area contributed by atoms with Gasteiger partial charge in [0, 0.05) is 28.3 Å². The van der Waals surface area contributed by atoms with E-state index >= 15 is 0 Å². The average molecular weight is 497 g/mol. The van der Waals surface area contributed by atoms with E-state index in [-0.39, 0.29) is 22.8 Å². The molecule has 34 heavy (non-hydrogen) atoms. The second-order valence-corrected chi connectivity index (χ2v) is 10.6. The Kier molecular flexibility index (Phi) is 5.91. The topological polar surface area (TPSA) is 76.7 Å². The summed E-state index contributed by atoms with van der Waals surface area (Å²) in [6.07, 6.45) is 5.23. The maximum atomic E-state index is 13.1. The molecule has 5 rings (SSSR count). The van der Waals surface area contributed by atoms with Gasteiger partial charge < -0.3 is 14.8 Å². The Morgan fingerprint density at radius 2 is 1.85 bits per heavy atom. The molecular formula is C26H25ClN2O4S. The van der Waals surface area contributed by atoms with Crippen molar-refractivity contribution < 1.29 is 17.9 Å². The molecule has 3 aromatic rings. The molecular weight excluding hydrogens is 472 g/mol. The first-order valence-electron chi connectivity index (χ1n) is 11.0. The highest BCUT2D eigenvalue weighted by atomic mass is 35.5. The van der Waals surface area contributed by atoms with Crippen molar-refractivity contribution in [2.24, 2.45) is 5.92 Å². The number of anilines is 2. The number of hydrogen-bond donors (Lipinski definition) is 2. The quantitative estimate of drug-likeness (QED) is 0.410. The minimum absolute atomic E-state index is 0.0143. The molecule has 3 atom stereocenters. The Labute approximate surface area is 204 Å². The lowest BCUT2D eigenvalue weighted by atomic mass is 9.77. The summed E-state index contributed by atoms with van der Waals surface area (Å²) in [5, 5.41) is 4.11. The predicted octanol–water partition coefficient (Wildman–Crippen LogP) is 5.98. The standard InChI is InChI=1S/C26H25ClN2O4S/c1-32-18-9-11-22(25(14-18)33-2)26-21-8-4-7-20(21)23-15-19(10-12-24(23)28-26)34(30,31)29-17-6-3-5-16(27)13-17/h3-7,9-15,20-21,26,28-29H,8H2,1-2H3/t20-,21+,26-/m0/s1. The number of nitrogens with one attached hydrogen (secondary N) is 2. The van der Waals surface area contributed by atoms with Crippen LogP contribution in [0.3, 0.4) is 0 Å².